The predicted octanol–water partition coefficient (Wildman–Crippen LogP) is 4.34. The average molecular weight is 496 g/mol. The molecule has 0 atom stereocenters. The van der Waals surface area contributed by atoms with Gasteiger partial charge in [-0.05, 0) is 49.7 Å². The van der Waals surface area contributed by atoms with Gasteiger partial charge in [-0.2, -0.15) is 0 Å². The summed E-state index contributed by atoms with van der Waals surface area (Å²) in [5.74, 6) is 1.54. The van der Waals surface area contributed by atoms with E-state index < -0.39 is 0 Å². The number of methoxy groups -OCH3 is 1. The molecule has 0 saturated carbocycles. The minimum atomic E-state index is -0.167. The molecule has 0 bridgehead atoms. The number of hydrogen-bond donors (Lipinski definition) is 2. The maximum atomic E-state index is 12.5. The van der Waals surface area contributed by atoms with Crippen LogP contribution in [0.4, 0.5) is 10.8 Å². The number of ether oxygens (including phenoxy) is 1. The van der Waals surface area contributed by atoms with E-state index in [0.29, 0.717) is 16.8 Å². The highest BCUT2D eigenvalue weighted by Crippen LogP contribution is 2.24. The Morgan fingerprint density at radius 1 is 1.06 bits per heavy atom. The van der Waals surface area contributed by atoms with Crippen LogP contribution in [0.25, 0.3) is 5.69 Å². The zero-order valence-electron chi connectivity index (χ0n) is 19.1. The van der Waals surface area contributed by atoms with Gasteiger partial charge in [0.25, 0.3) is 0 Å². The van der Waals surface area contributed by atoms with Gasteiger partial charge in [0, 0.05) is 11.4 Å². The lowest BCUT2D eigenvalue weighted by Gasteiger charge is -2.12. The molecule has 4 aromatic rings. The summed E-state index contributed by atoms with van der Waals surface area (Å²) in [7, 11) is 1.64. The second kappa shape index (κ2) is 11.1. The standard InChI is InChI=1S/C23H25N7O2S2/c1-4-21-27-28-22(34-21)25-20(31)14-33-23-29-26-19(30(23)17-9-5-15(2)6-10-17)13-24-16-7-11-18(32-3)12-8-16/h5-12,24H,4,13-14H2,1-3H3,(H,25,28,31). The lowest BCUT2D eigenvalue weighted by atomic mass is 10.2. The Morgan fingerprint density at radius 3 is 2.50 bits per heavy atom. The maximum Gasteiger partial charge on any atom is 0.236 e. The number of nitrogens with zero attached hydrogens (tertiary/aromatic N) is 5. The quantitative estimate of drug-likeness (QED) is 0.313. The van der Waals surface area contributed by atoms with Crippen molar-refractivity contribution in [2.24, 2.45) is 0 Å². The molecule has 0 radical (unpaired) electrons. The Balaban J connectivity index is 1.48. The zero-order valence-corrected chi connectivity index (χ0v) is 20.7. The molecule has 0 spiro atoms. The van der Waals surface area contributed by atoms with Crippen LogP contribution in [0.1, 0.15) is 23.3 Å². The van der Waals surface area contributed by atoms with Crippen LogP contribution in [-0.2, 0) is 17.8 Å². The summed E-state index contributed by atoms with van der Waals surface area (Å²) in [5, 5.41) is 25.0. The molecule has 11 heteroatoms. The third-order valence-corrected chi connectivity index (χ3v) is 6.79. The first kappa shape index (κ1) is 23.7. The largest absolute Gasteiger partial charge is 0.497 e. The van der Waals surface area contributed by atoms with Gasteiger partial charge in [0.15, 0.2) is 11.0 Å². The van der Waals surface area contributed by atoms with Crippen LogP contribution in [0.15, 0.2) is 53.7 Å². The molecule has 2 aromatic carbocycles. The van der Waals surface area contributed by atoms with Gasteiger partial charge in [-0.15, -0.1) is 20.4 Å². The molecule has 34 heavy (non-hydrogen) atoms. The van der Waals surface area contributed by atoms with E-state index in [-0.39, 0.29) is 11.7 Å². The molecule has 0 unspecified atom stereocenters. The van der Waals surface area contributed by atoms with Gasteiger partial charge in [0.1, 0.15) is 10.8 Å². The molecular formula is C23H25N7O2S2. The molecule has 0 saturated heterocycles. The highest BCUT2D eigenvalue weighted by molar-refractivity contribution is 7.99. The van der Waals surface area contributed by atoms with Crippen LogP contribution in [0.3, 0.4) is 0 Å². The average Bonchev–Trinajstić information content (AvgIpc) is 3.49. The first-order chi connectivity index (χ1) is 16.6. The Labute approximate surface area is 206 Å². The van der Waals surface area contributed by atoms with Gasteiger partial charge in [0.05, 0.1) is 19.4 Å². The fourth-order valence-corrected chi connectivity index (χ4v) is 4.55. The van der Waals surface area contributed by atoms with Crippen molar-refractivity contribution in [3.8, 4) is 11.4 Å². The molecule has 4 rings (SSSR count). The van der Waals surface area contributed by atoms with Crippen molar-refractivity contribution in [1.29, 1.82) is 0 Å². The van der Waals surface area contributed by atoms with E-state index in [1.54, 1.807) is 7.11 Å². The molecular weight excluding hydrogens is 470 g/mol. The van der Waals surface area contributed by atoms with E-state index >= 15 is 0 Å². The summed E-state index contributed by atoms with van der Waals surface area (Å²) >= 11 is 2.71. The van der Waals surface area contributed by atoms with Crippen molar-refractivity contribution in [1.82, 2.24) is 25.0 Å². The topological polar surface area (TPSA) is 107 Å². The van der Waals surface area contributed by atoms with Gasteiger partial charge >= 0.3 is 0 Å². The minimum Gasteiger partial charge on any atom is -0.497 e. The Bertz CT molecular complexity index is 1240. The zero-order chi connectivity index (χ0) is 23.9. The summed E-state index contributed by atoms with van der Waals surface area (Å²) in [6.45, 7) is 4.50. The SMILES string of the molecule is CCc1nnc(NC(=O)CSc2nnc(CNc3ccc(OC)cc3)n2-c2ccc(C)cc2)s1. The van der Waals surface area contributed by atoms with E-state index in [9.17, 15) is 4.79 Å². The molecule has 176 valence electrons. The number of carbonyl (C=O) groups is 1. The normalized spacial score (nSPS) is 10.8. The van der Waals surface area contributed by atoms with Gasteiger partial charge in [-0.3, -0.25) is 14.7 Å². The monoisotopic (exact) mass is 495 g/mol. The lowest BCUT2D eigenvalue weighted by Crippen LogP contribution is -2.14. The smallest absolute Gasteiger partial charge is 0.236 e. The fourth-order valence-electron chi connectivity index (χ4n) is 3.08. The molecule has 2 N–H and O–H groups in total. The number of rotatable bonds is 10. The second-order valence-corrected chi connectivity index (χ2v) is 9.35. The van der Waals surface area contributed by atoms with Gasteiger partial charge in [-0.1, -0.05) is 47.7 Å². The molecule has 0 aliphatic rings. The maximum absolute atomic E-state index is 12.5. The number of amides is 1. The number of thioether (sulfide) groups is 1. The molecule has 2 heterocycles. The highest BCUT2D eigenvalue weighted by Gasteiger charge is 2.17. The number of benzene rings is 2. The highest BCUT2D eigenvalue weighted by atomic mass is 32.2. The van der Waals surface area contributed by atoms with Crippen LogP contribution in [0, 0.1) is 6.92 Å². The third kappa shape index (κ3) is 5.91. The van der Waals surface area contributed by atoms with Crippen LogP contribution in [0.5, 0.6) is 5.75 Å². The Kier molecular flexibility index (Phi) is 7.76. The molecule has 0 fully saturated rings. The van der Waals surface area contributed by atoms with Crippen molar-refractivity contribution in [2.45, 2.75) is 32.0 Å². The minimum absolute atomic E-state index is 0.167. The lowest BCUT2D eigenvalue weighted by molar-refractivity contribution is -0.113. The van der Waals surface area contributed by atoms with Crippen LogP contribution in [0.2, 0.25) is 0 Å². The summed E-state index contributed by atoms with van der Waals surface area (Å²) in [5.41, 5.74) is 3.03. The summed E-state index contributed by atoms with van der Waals surface area (Å²) in [4.78, 5) is 12.5. The van der Waals surface area contributed by atoms with E-state index in [1.807, 2.05) is 66.9 Å². The van der Waals surface area contributed by atoms with Crippen molar-refractivity contribution in [3.63, 3.8) is 0 Å². The second-order valence-electron chi connectivity index (χ2n) is 7.34. The molecule has 9 nitrogen and oxygen atoms in total. The van der Waals surface area contributed by atoms with Crippen molar-refractivity contribution >= 4 is 39.8 Å². The number of nitrogens with one attached hydrogen (secondary N) is 2. The first-order valence-electron chi connectivity index (χ1n) is 10.7. The van der Waals surface area contributed by atoms with Crippen LogP contribution < -0.4 is 15.4 Å². The molecule has 1 amide bonds. The van der Waals surface area contributed by atoms with Crippen molar-refractivity contribution in [2.75, 3.05) is 23.5 Å². The summed E-state index contributed by atoms with van der Waals surface area (Å²) in [6, 6.07) is 15.8. The van der Waals surface area contributed by atoms with E-state index in [1.165, 1.54) is 23.1 Å². The molecule has 2 aromatic heterocycles. The van der Waals surface area contributed by atoms with Gasteiger partial charge in [-0.25, -0.2) is 0 Å². The van der Waals surface area contributed by atoms with Crippen LogP contribution >= 0.6 is 23.1 Å². The summed E-state index contributed by atoms with van der Waals surface area (Å²) < 4.78 is 7.18. The van der Waals surface area contributed by atoms with E-state index in [4.69, 9.17) is 4.74 Å². The van der Waals surface area contributed by atoms with E-state index in [0.717, 1.165) is 39.9 Å². The Hall–Kier alpha value is -3.44. The Morgan fingerprint density at radius 2 is 1.82 bits per heavy atom. The van der Waals surface area contributed by atoms with Crippen LogP contribution in [-0.4, -0.2) is 43.7 Å². The predicted molar refractivity (Wildman–Crippen MR) is 135 cm³/mol. The number of aryl methyl sites for hydroxylation is 2. The van der Waals surface area contributed by atoms with E-state index in [2.05, 4.69) is 31.0 Å². The third-order valence-electron chi connectivity index (χ3n) is 4.88. The molecule has 0 aliphatic heterocycles. The number of aromatic nitrogens is 5. The number of hydrogen-bond acceptors (Lipinski definition) is 9. The molecule has 0 aliphatic carbocycles. The summed E-state index contributed by atoms with van der Waals surface area (Å²) in [6.07, 6.45) is 0.787. The van der Waals surface area contributed by atoms with Crippen molar-refractivity contribution < 1.29 is 9.53 Å². The van der Waals surface area contributed by atoms with Crippen molar-refractivity contribution in [3.05, 3.63) is 64.9 Å². The fraction of sp³-hybridized carbons (Fsp3) is 0.261. The van der Waals surface area contributed by atoms with Gasteiger partial charge < -0.3 is 10.1 Å². The number of carbonyl (C=O) groups excluding carboxylic acids is 1. The first-order valence-corrected chi connectivity index (χ1v) is 12.5. The number of anilines is 2. The van der Waals surface area contributed by atoms with Gasteiger partial charge in [0.2, 0.25) is 11.0 Å².